The number of rotatable bonds is 6. The molecule has 1 aromatic carbocycles. The molecule has 4 heterocycles. The fraction of sp³-hybridized carbons (Fsp3) is 0.409. The van der Waals surface area contributed by atoms with Crippen molar-refractivity contribution in [1.82, 2.24) is 20.5 Å². The number of hydrogen-bond donors (Lipinski definition) is 4. The maximum atomic E-state index is 12.5. The highest BCUT2D eigenvalue weighted by Gasteiger charge is 2.35. The largest absolute Gasteiger partial charge is 0.396 e. The SMILES string of the molecule is O=C(Nc1cc2[nH]nc(N3CC4CCC(C3)O4)c2cn1)NC(CCO)c1ccccc1. The van der Waals surface area contributed by atoms with E-state index in [2.05, 4.69) is 30.7 Å². The predicted molar refractivity (Wildman–Crippen MR) is 117 cm³/mol. The number of ether oxygens (including phenoxy) is 1. The molecular formula is C22H26N6O3. The Morgan fingerprint density at radius 1 is 1.26 bits per heavy atom. The number of aromatic amines is 1. The van der Waals surface area contributed by atoms with E-state index < -0.39 is 0 Å². The van der Waals surface area contributed by atoms with Gasteiger partial charge in [0.2, 0.25) is 0 Å². The van der Waals surface area contributed by atoms with Crippen LogP contribution in [0.2, 0.25) is 0 Å². The average Bonchev–Trinajstić information content (AvgIpc) is 3.36. The maximum absolute atomic E-state index is 12.5. The Morgan fingerprint density at radius 3 is 2.77 bits per heavy atom. The number of morpholine rings is 1. The third-order valence-corrected chi connectivity index (χ3v) is 5.94. The average molecular weight is 422 g/mol. The minimum atomic E-state index is -0.376. The van der Waals surface area contributed by atoms with Crippen molar-refractivity contribution in [3.63, 3.8) is 0 Å². The van der Waals surface area contributed by atoms with Crippen LogP contribution >= 0.6 is 0 Å². The summed E-state index contributed by atoms with van der Waals surface area (Å²) in [4.78, 5) is 19.2. The molecule has 2 bridgehead atoms. The number of anilines is 2. The van der Waals surface area contributed by atoms with Crippen molar-refractivity contribution >= 4 is 28.6 Å². The molecule has 162 valence electrons. The Kier molecular flexibility index (Phi) is 5.44. The minimum absolute atomic E-state index is 0.0236. The third kappa shape index (κ3) is 4.19. The number of aromatic nitrogens is 3. The van der Waals surface area contributed by atoms with E-state index in [1.807, 2.05) is 30.3 Å². The lowest BCUT2D eigenvalue weighted by Gasteiger charge is -2.32. The van der Waals surface area contributed by atoms with Gasteiger partial charge in [0.05, 0.1) is 29.2 Å². The van der Waals surface area contributed by atoms with E-state index in [9.17, 15) is 9.90 Å². The Balaban J connectivity index is 1.28. The van der Waals surface area contributed by atoms with Crippen molar-refractivity contribution in [2.24, 2.45) is 0 Å². The first-order valence-corrected chi connectivity index (χ1v) is 10.7. The van der Waals surface area contributed by atoms with Gasteiger partial charge in [0.25, 0.3) is 0 Å². The molecular weight excluding hydrogens is 396 g/mol. The zero-order chi connectivity index (χ0) is 21.2. The van der Waals surface area contributed by atoms with Crippen LogP contribution < -0.4 is 15.5 Å². The van der Waals surface area contributed by atoms with Gasteiger partial charge in [-0.1, -0.05) is 30.3 Å². The molecule has 0 saturated carbocycles. The number of nitrogens with zero attached hydrogens (tertiary/aromatic N) is 3. The number of nitrogens with one attached hydrogen (secondary N) is 3. The summed E-state index contributed by atoms with van der Waals surface area (Å²) in [6, 6.07) is 10.7. The number of amides is 2. The summed E-state index contributed by atoms with van der Waals surface area (Å²) >= 11 is 0. The van der Waals surface area contributed by atoms with Crippen molar-refractivity contribution in [3.8, 4) is 0 Å². The molecule has 9 nitrogen and oxygen atoms in total. The summed E-state index contributed by atoms with van der Waals surface area (Å²) in [7, 11) is 0. The molecule has 3 unspecified atom stereocenters. The van der Waals surface area contributed by atoms with Crippen LogP contribution in [0.15, 0.2) is 42.6 Å². The van der Waals surface area contributed by atoms with Crippen molar-refractivity contribution in [3.05, 3.63) is 48.2 Å². The number of aliphatic hydroxyl groups excluding tert-OH is 1. The van der Waals surface area contributed by atoms with Crippen LogP contribution in [0.1, 0.15) is 30.9 Å². The quantitative estimate of drug-likeness (QED) is 0.485. The molecule has 3 aromatic rings. The number of pyridine rings is 1. The minimum Gasteiger partial charge on any atom is -0.396 e. The van der Waals surface area contributed by atoms with Crippen molar-refractivity contribution in [2.45, 2.75) is 37.5 Å². The van der Waals surface area contributed by atoms with Crippen LogP contribution in [-0.4, -0.2) is 58.2 Å². The summed E-state index contributed by atoms with van der Waals surface area (Å²) in [6.45, 7) is 1.65. The number of hydrogen-bond acceptors (Lipinski definition) is 6. The van der Waals surface area contributed by atoms with Gasteiger partial charge in [-0.15, -0.1) is 0 Å². The van der Waals surface area contributed by atoms with Crippen LogP contribution in [0, 0.1) is 0 Å². The molecule has 5 rings (SSSR count). The highest BCUT2D eigenvalue weighted by Crippen LogP contribution is 2.32. The number of fused-ring (bicyclic) bond motifs is 3. The predicted octanol–water partition coefficient (Wildman–Crippen LogP) is 2.57. The van der Waals surface area contributed by atoms with Gasteiger partial charge in [-0.25, -0.2) is 9.78 Å². The van der Waals surface area contributed by atoms with Gasteiger partial charge in [0, 0.05) is 32.0 Å². The smallest absolute Gasteiger partial charge is 0.320 e. The number of urea groups is 1. The van der Waals surface area contributed by atoms with Crippen molar-refractivity contribution in [1.29, 1.82) is 0 Å². The molecule has 0 radical (unpaired) electrons. The monoisotopic (exact) mass is 422 g/mol. The zero-order valence-corrected chi connectivity index (χ0v) is 17.1. The highest BCUT2D eigenvalue weighted by atomic mass is 16.5. The first-order chi connectivity index (χ1) is 15.2. The molecule has 9 heteroatoms. The fourth-order valence-corrected chi connectivity index (χ4v) is 4.44. The van der Waals surface area contributed by atoms with Gasteiger partial charge in [0.1, 0.15) is 5.82 Å². The van der Waals surface area contributed by atoms with Crippen LogP contribution in [0.3, 0.4) is 0 Å². The van der Waals surface area contributed by atoms with E-state index in [1.54, 1.807) is 12.3 Å². The van der Waals surface area contributed by atoms with Gasteiger partial charge in [-0.3, -0.25) is 10.4 Å². The Hall–Kier alpha value is -3.17. The second-order valence-corrected chi connectivity index (χ2v) is 8.10. The summed E-state index contributed by atoms with van der Waals surface area (Å²) in [5.41, 5.74) is 1.75. The number of carbonyl (C=O) groups is 1. The van der Waals surface area contributed by atoms with Gasteiger partial charge < -0.3 is 20.1 Å². The molecule has 2 aliphatic heterocycles. The highest BCUT2D eigenvalue weighted by molar-refractivity contribution is 5.94. The van der Waals surface area contributed by atoms with Crippen LogP contribution in [-0.2, 0) is 4.74 Å². The summed E-state index contributed by atoms with van der Waals surface area (Å²) in [5, 5.41) is 23.5. The molecule has 4 N–H and O–H groups in total. The van der Waals surface area contributed by atoms with Crippen LogP contribution in [0.4, 0.5) is 16.4 Å². The number of carbonyl (C=O) groups excluding carboxylic acids is 1. The lowest BCUT2D eigenvalue weighted by atomic mass is 10.0. The molecule has 2 fully saturated rings. The molecule has 0 spiro atoms. The molecule has 2 aromatic heterocycles. The zero-order valence-electron chi connectivity index (χ0n) is 17.1. The molecule has 31 heavy (non-hydrogen) atoms. The Labute approximate surface area is 179 Å². The summed E-state index contributed by atoms with van der Waals surface area (Å²) < 4.78 is 5.92. The molecule has 2 aliphatic rings. The van der Waals surface area contributed by atoms with Crippen LogP contribution in [0.25, 0.3) is 10.9 Å². The maximum Gasteiger partial charge on any atom is 0.320 e. The lowest BCUT2D eigenvalue weighted by Crippen LogP contribution is -2.42. The van der Waals surface area contributed by atoms with E-state index in [4.69, 9.17) is 4.74 Å². The van der Waals surface area contributed by atoms with Crippen LogP contribution in [0.5, 0.6) is 0 Å². The third-order valence-electron chi connectivity index (χ3n) is 5.94. The van der Waals surface area contributed by atoms with Gasteiger partial charge in [-0.2, -0.15) is 5.10 Å². The van der Waals surface area contributed by atoms with Gasteiger partial charge in [0.15, 0.2) is 5.82 Å². The van der Waals surface area contributed by atoms with Crippen molar-refractivity contribution in [2.75, 3.05) is 29.9 Å². The topological polar surface area (TPSA) is 115 Å². The van der Waals surface area contributed by atoms with E-state index in [-0.39, 0.29) is 30.9 Å². The lowest BCUT2D eigenvalue weighted by molar-refractivity contribution is 0.0303. The normalized spacial score (nSPS) is 21.3. The van der Waals surface area contributed by atoms with E-state index in [1.165, 1.54) is 0 Å². The molecule has 3 atom stereocenters. The first-order valence-electron chi connectivity index (χ1n) is 10.7. The second kappa shape index (κ2) is 8.52. The second-order valence-electron chi connectivity index (χ2n) is 8.10. The Bertz CT molecular complexity index is 1040. The summed E-state index contributed by atoms with van der Waals surface area (Å²) in [5.74, 6) is 1.31. The van der Waals surface area contributed by atoms with E-state index in [0.29, 0.717) is 12.2 Å². The standard InChI is InChI=1S/C22H26N6O3/c29-9-8-18(14-4-2-1-3-5-14)24-22(30)25-20-10-19-17(11-23-20)21(27-26-19)28-12-15-6-7-16(13-28)31-15/h1-5,10-11,15-16,18,29H,6-9,12-13H2,(H,26,27)(H2,23,24,25,30). The molecule has 0 aliphatic carbocycles. The van der Waals surface area contributed by atoms with E-state index >= 15 is 0 Å². The number of aliphatic hydroxyl groups is 1. The Morgan fingerprint density at radius 2 is 2.03 bits per heavy atom. The fourth-order valence-electron chi connectivity index (χ4n) is 4.44. The van der Waals surface area contributed by atoms with Crippen molar-refractivity contribution < 1.29 is 14.6 Å². The molecule has 2 saturated heterocycles. The first kappa shape index (κ1) is 19.8. The van der Waals surface area contributed by atoms with E-state index in [0.717, 1.165) is 48.2 Å². The van der Waals surface area contributed by atoms with Gasteiger partial charge in [-0.05, 0) is 24.8 Å². The number of benzene rings is 1. The number of H-pyrrole nitrogens is 1. The van der Waals surface area contributed by atoms with Gasteiger partial charge >= 0.3 is 6.03 Å². The summed E-state index contributed by atoms with van der Waals surface area (Å²) in [6.07, 6.45) is 4.93. The molecule has 2 amide bonds.